The van der Waals surface area contributed by atoms with Gasteiger partial charge in [-0.25, -0.2) is 0 Å². The van der Waals surface area contributed by atoms with E-state index in [1.807, 2.05) is 12.1 Å². The van der Waals surface area contributed by atoms with Crippen molar-refractivity contribution in [3.8, 4) is 0 Å². The SMILES string of the molecule is Nc1ccccc1CC(NCC1CCCCC1)c1ccccc1. The van der Waals surface area contributed by atoms with Crippen molar-refractivity contribution in [2.75, 3.05) is 12.3 Å². The highest BCUT2D eigenvalue weighted by Crippen LogP contribution is 2.26. The molecular formula is C21H28N2. The number of hydrogen-bond donors (Lipinski definition) is 2. The lowest BCUT2D eigenvalue weighted by atomic mass is 9.88. The van der Waals surface area contributed by atoms with E-state index in [2.05, 4.69) is 47.8 Å². The second kappa shape index (κ2) is 8.16. The molecule has 1 atom stereocenters. The number of para-hydroxylation sites is 1. The normalized spacial score (nSPS) is 17.0. The fourth-order valence-corrected chi connectivity index (χ4v) is 3.63. The van der Waals surface area contributed by atoms with E-state index >= 15 is 0 Å². The predicted octanol–water partition coefficient (Wildman–Crippen LogP) is 4.72. The molecule has 122 valence electrons. The van der Waals surface area contributed by atoms with Gasteiger partial charge in [-0.2, -0.15) is 0 Å². The largest absolute Gasteiger partial charge is 0.399 e. The van der Waals surface area contributed by atoms with Gasteiger partial charge in [-0.05, 0) is 48.9 Å². The molecule has 1 aliphatic rings. The zero-order chi connectivity index (χ0) is 15.9. The molecule has 23 heavy (non-hydrogen) atoms. The van der Waals surface area contributed by atoms with Crippen molar-refractivity contribution >= 4 is 5.69 Å². The first-order valence-electron chi connectivity index (χ1n) is 8.94. The summed E-state index contributed by atoms with van der Waals surface area (Å²) in [5.41, 5.74) is 9.64. The molecule has 2 aromatic rings. The molecule has 2 heteroatoms. The van der Waals surface area contributed by atoms with Crippen LogP contribution in [0.15, 0.2) is 54.6 Å². The number of rotatable bonds is 6. The van der Waals surface area contributed by atoms with Crippen LogP contribution in [0, 0.1) is 5.92 Å². The summed E-state index contributed by atoms with van der Waals surface area (Å²) in [7, 11) is 0. The second-order valence-corrected chi connectivity index (χ2v) is 6.78. The van der Waals surface area contributed by atoms with Gasteiger partial charge >= 0.3 is 0 Å². The molecule has 3 N–H and O–H groups in total. The Balaban J connectivity index is 1.70. The highest BCUT2D eigenvalue weighted by Gasteiger charge is 2.17. The zero-order valence-corrected chi connectivity index (χ0v) is 13.9. The Hall–Kier alpha value is -1.80. The maximum absolute atomic E-state index is 6.16. The van der Waals surface area contributed by atoms with Gasteiger partial charge in [-0.3, -0.25) is 0 Å². The fraction of sp³-hybridized carbons (Fsp3) is 0.429. The van der Waals surface area contributed by atoms with Crippen LogP contribution >= 0.6 is 0 Å². The van der Waals surface area contributed by atoms with Crippen molar-refractivity contribution in [2.24, 2.45) is 5.92 Å². The van der Waals surface area contributed by atoms with Gasteiger partial charge in [0.1, 0.15) is 0 Å². The summed E-state index contributed by atoms with van der Waals surface area (Å²) in [6, 6.07) is 19.3. The van der Waals surface area contributed by atoms with E-state index in [-0.39, 0.29) is 0 Å². The van der Waals surface area contributed by atoms with Gasteiger partial charge < -0.3 is 11.1 Å². The maximum Gasteiger partial charge on any atom is 0.0361 e. The molecule has 0 amide bonds. The number of hydrogen-bond acceptors (Lipinski definition) is 2. The zero-order valence-electron chi connectivity index (χ0n) is 13.9. The molecule has 1 unspecified atom stereocenters. The van der Waals surface area contributed by atoms with Gasteiger partial charge in [0.15, 0.2) is 0 Å². The molecule has 0 heterocycles. The summed E-state index contributed by atoms with van der Waals surface area (Å²) in [6.45, 7) is 1.12. The summed E-state index contributed by atoms with van der Waals surface area (Å²) in [5.74, 6) is 0.836. The molecule has 2 nitrogen and oxygen atoms in total. The number of nitrogens with two attached hydrogens (primary N) is 1. The smallest absolute Gasteiger partial charge is 0.0361 e. The first kappa shape index (κ1) is 16.1. The van der Waals surface area contributed by atoms with Gasteiger partial charge in [0, 0.05) is 11.7 Å². The van der Waals surface area contributed by atoms with E-state index in [1.165, 1.54) is 43.2 Å². The highest BCUT2D eigenvalue weighted by molar-refractivity contribution is 5.47. The number of anilines is 1. The van der Waals surface area contributed by atoms with Crippen molar-refractivity contribution in [3.05, 3.63) is 65.7 Å². The number of benzene rings is 2. The summed E-state index contributed by atoms with van der Waals surface area (Å²) in [5, 5.41) is 3.83. The third-order valence-electron chi connectivity index (χ3n) is 5.06. The van der Waals surface area contributed by atoms with Crippen LogP contribution in [0.5, 0.6) is 0 Å². The number of nitrogen functional groups attached to an aromatic ring is 1. The lowest BCUT2D eigenvalue weighted by Crippen LogP contribution is -2.30. The minimum absolute atomic E-state index is 0.336. The van der Waals surface area contributed by atoms with E-state index in [4.69, 9.17) is 5.73 Å². The van der Waals surface area contributed by atoms with Crippen LogP contribution < -0.4 is 11.1 Å². The molecular weight excluding hydrogens is 280 g/mol. The molecule has 0 aromatic heterocycles. The quantitative estimate of drug-likeness (QED) is 0.758. The first-order chi connectivity index (χ1) is 11.3. The molecule has 0 radical (unpaired) electrons. The molecule has 3 rings (SSSR count). The monoisotopic (exact) mass is 308 g/mol. The summed E-state index contributed by atoms with van der Waals surface area (Å²) < 4.78 is 0. The molecule has 1 aliphatic carbocycles. The van der Waals surface area contributed by atoms with Crippen molar-refractivity contribution in [1.29, 1.82) is 0 Å². The molecule has 1 fully saturated rings. The van der Waals surface area contributed by atoms with E-state index in [0.717, 1.165) is 24.6 Å². The minimum atomic E-state index is 0.336. The van der Waals surface area contributed by atoms with Crippen molar-refractivity contribution in [3.63, 3.8) is 0 Å². The van der Waals surface area contributed by atoms with Gasteiger partial charge in [-0.1, -0.05) is 67.8 Å². The lowest BCUT2D eigenvalue weighted by Gasteiger charge is -2.26. The fourth-order valence-electron chi connectivity index (χ4n) is 3.63. The van der Waals surface area contributed by atoms with Gasteiger partial charge in [0.05, 0.1) is 0 Å². The predicted molar refractivity (Wildman–Crippen MR) is 98.3 cm³/mol. The molecule has 0 spiro atoms. The molecule has 0 saturated heterocycles. The minimum Gasteiger partial charge on any atom is -0.399 e. The van der Waals surface area contributed by atoms with Crippen LogP contribution in [-0.2, 0) is 6.42 Å². The molecule has 0 aliphatic heterocycles. The van der Waals surface area contributed by atoms with Crippen LogP contribution in [0.4, 0.5) is 5.69 Å². The van der Waals surface area contributed by atoms with E-state index in [0.29, 0.717) is 6.04 Å². The van der Waals surface area contributed by atoms with E-state index in [9.17, 15) is 0 Å². The van der Waals surface area contributed by atoms with Crippen LogP contribution in [0.1, 0.15) is 49.3 Å². The highest BCUT2D eigenvalue weighted by atomic mass is 14.9. The average molecular weight is 308 g/mol. The van der Waals surface area contributed by atoms with E-state index in [1.54, 1.807) is 0 Å². The van der Waals surface area contributed by atoms with Crippen molar-refractivity contribution in [1.82, 2.24) is 5.32 Å². The van der Waals surface area contributed by atoms with Gasteiger partial charge in [0.2, 0.25) is 0 Å². The first-order valence-corrected chi connectivity index (χ1v) is 8.94. The Morgan fingerprint density at radius 3 is 2.35 bits per heavy atom. The van der Waals surface area contributed by atoms with E-state index < -0.39 is 0 Å². The van der Waals surface area contributed by atoms with Crippen LogP contribution in [0.3, 0.4) is 0 Å². The average Bonchev–Trinajstić information content (AvgIpc) is 2.62. The molecule has 2 aromatic carbocycles. The maximum atomic E-state index is 6.16. The molecule has 0 bridgehead atoms. The van der Waals surface area contributed by atoms with Gasteiger partial charge in [-0.15, -0.1) is 0 Å². The third kappa shape index (κ3) is 4.59. The van der Waals surface area contributed by atoms with Crippen molar-refractivity contribution < 1.29 is 0 Å². The topological polar surface area (TPSA) is 38.0 Å². The Kier molecular flexibility index (Phi) is 5.71. The Morgan fingerprint density at radius 1 is 0.913 bits per heavy atom. The Morgan fingerprint density at radius 2 is 1.61 bits per heavy atom. The summed E-state index contributed by atoms with van der Waals surface area (Å²) >= 11 is 0. The lowest BCUT2D eigenvalue weighted by molar-refractivity contribution is 0.327. The Labute approximate surface area is 140 Å². The second-order valence-electron chi connectivity index (χ2n) is 6.78. The van der Waals surface area contributed by atoms with Crippen LogP contribution in [0.25, 0.3) is 0 Å². The Bertz CT molecular complexity index is 588. The summed E-state index contributed by atoms with van der Waals surface area (Å²) in [4.78, 5) is 0. The summed E-state index contributed by atoms with van der Waals surface area (Å²) in [6.07, 6.45) is 7.91. The number of nitrogens with one attached hydrogen (secondary N) is 1. The van der Waals surface area contributed by atoms with Crippen LogP contribution in [0.2, 0.25) is 0 Å². The molecule has 1 saturated carbocycles. The van der Waals surface area contributed by atoms with Gasteiger partial charge in [0.25, 0.3) is 0 Å². The van der Waals surface area contributed by atoms with Crippen molar-refractivity contribution in [2.45, 2.75) is 44.6 Å². The van der Waals surface area contributed by atoms with Crippen LogP contribution in [-0.4, -0.2) is 6.54 Å². The standard InChI is InChI=1S/C21H28N2/c22-20-14-8-7-13-19(20)15-21(18-11-5-2-6-12-18)23-16-17-9-3-1-4-10-17/h2,5-8,11-14,17,21,23H,1,3-4,9-10,15-16,22H2. The third-order valence-corrected chi connectivity index (χ3v) is 5.06.